The van der Waals surface area contributed by atoms with E-state index in [1.54, 1.807) is 31.5 Å². The third-order valence-corrected chi connectivity index (χ3v) is 3.61. The Morgan fingerprint density at radius 2 is 2.29 bits per heavy atom. The molecule has 6 nitrogen and oxygen atoms in total. The van der Waals surface area contributed by atoms with E-state index in [1.165, 1.54) is 18.1 Å². The van der Waals surface area contributed by atoms with Gasteiger partial charge in [-0.1, -0.05) is 0 Å². The first-order chi connectivity index (χ1) is 10.2. The minimum atomic E-state index is -0.0894. The first kappa shape index (κ1) is 15.1. The van der Waals surface area contributed by atoms with E-state index in [-0.39, 0.29) is 5.91 Å². The van der Waals surface area contributed by atoms with E-state index in [1.807, 2.05) is 6.07 Å². The van der Waals surface area contributed by atoms with E-state index < -0.39 is 0 Å². The van der Waals surface area contributed by atoms with Gasteiger partial charge in [-0.15, -0.1) is 11.8 Å². The van der Waals surface area contributed by atoms with Gasteiger partial charge in [0, 0.05) is 24.4 Å². The van der Waals surface area contributed by atoms with Gasteiger partial charge < -0.3 is 15.8 Å². The number of carbonyl (C=O) groups is 1. The molecule has 0 saturated heterocycles. The molecule has 1 aromatic heterocycles. The Labute approximate surface area is 127 Å². The maximum atomic E-state index is 11.9. The highest BCUT2D eigenvalue weighted by atomic mass is 32.2. The molecule has 110 valence electrons. The fourth-order valence-corrected chi connectivity index (χ4v) is 2.38. The number of nitrogens with zero attached hydrogens (tertiary/aromatic N) is 2. The Morgan fingerprint density at radius 1 is 1.43 bits per heavy atom. The molecule has 0 radical (unpaired) electrons. The summed E-state index contributed by atoms with van der Waals surface area (Å²) in [5.74, 6) is 1.21. The number of carbonyl (C=O) groups excluding carboxylic acids is 1. The van der Waals surface area contributed by atoms with E-state index >= 15 is 0 Å². The van der Waals surface area contributed by atoms with Crippen LogP contribution in [0.25, 0.3) is 0 Å². The Kier molecular flexibility index (Phi) is 5.39. The zero-order valence-electron chi connectivity index (χ0n) is 11.6. The smallest absolute Gasteiger partial charge is 0.225 e. The average Bonchev–Trinajstić information content (AvgIpc) is 2.50. The summed E-state index contributed by atoms with van der Waals surface area (Å²) in [5, 5.41) is 3.63. The fraction of sp³-hybridized carbons (Fsp3) is 0.214. The van der Waals surface area contributed by atoms with Crippen molar-refractivity contribution in [3.8, 4) is 5.75 Å². The van der Waals surface area contributed by atoms with Crippen LogP contribution >= 0.6 is 11.8 Å². The highest BCUT2D eigenvalue weighted by Crippen LogP contribution is 2.24. The van der Waals surface area contributed by atoms with E-state index in [4.69, 9.17) is 10.5 Å². The van der Waals surface area contributed by atoms with Gasteiger partial charge in [-0.05, 0) is 18.2 Å². The third-order valence-electron chi connectivity index (χ3n) is 2.67. The Bertz CT molecular complexity index is 607. The van der Waals surface area contributed by atoms with Crippen LogP contribution in [-0.4, -0.2) is 28.7 Å². The van der Waals surface area contributed by atoms with Crippen molar-refractivity contribution in [3.05, 3.63) is 36.8 Å². The van der Waals surface area contributed by atoms with Crippen LogP contribution in [0.15, 0.2) is 41.8 Å². The summed E-state index contributed by atoms with van der Waals surface area (Å²) in [6.45, 7) is 0. The molecule has 0 bridgehead atoms. The van der Waals surface area contributed by atoms with Gasteiger partial charge >= 0.3 is 0 Å². The summed E-state index contributed by atoms with van der Waals surface area (Å²) in [6.07, 6.45) is 3.54. The molecule has 0 aliphatic carbocycles. The molecule has 7 heteroatoms. The largest absolute Gasteiger partial charge is 0.497 e. The molecular weight excluding hydrogens is 288 g/mol. The topological polar surface area (TPSA) is 90.1 Å². The van der Waals surface area contributed by atoms with E-state index in [9.17, 15) is 4.79 Å². The van der Waals surface area contributed by atoms with Crippen LogP contribution in [0.1, 0.15) is 6.42 Å². The Morgan fingerprint density at radius 3 is 2.95 bits per heavy atom. The van der Waals surface area contributed by atoms with Crippen LogP contribution in [0.5, 0.6) is 5.75 Å². The molecule has 2 aromatic rings. The van der Waals surface area contributed by atoms with Crippen LogP contribution < -0.4 is 15.8 Å². The van der Waals surface area contributed by atoms with Crippen molar-refractivity contribution in [2.45, 2.75) is 11.4 Å². The number of nitrogen functional groups attached to an aromatic ring is 1. The molecule has 1 aromatic carbocycles. The molecule has 0 spiro atoms. The normalized spacial score (nSPS) is 10.1. The van der Waals surface area contributed by atoms with Gasteiger partial charge in [-0.25, -0.2) is 9.97 Å². The number of thioether (sulfide) groups is 1. The molecule has 0 aliphatic heterocycles. The monoisotopic (exact) mass is 304 g/mol. The summed E-state index contributed by atoms with van der Waals surface area (Å²) in [7, 11) is 1.57. The van der Waals surface area contributed by atoms with Crippen molar-refractivity contribution in [2.24, 2.45) is 0 Å². The van der Waals surface area contributed by atoms with Crippen molar-refractivity contribution in [1.82, 2.24) is 9.97 Å². The lowest BCUT2D eigenvalue weighted by Crippen LogP contribution is -2.13. The number of benzene rings is 1. The van der Waals surface area contributed by atoms with Gasteiger partial charge in [0.05, 0.1) is 23.5 Å². The zero-order chi connectivity index (χ0) is 15.1. The summed E-state index contributed by atoms with van der Waals surface area (Å²) >= 11 is 1.51. The second-order valence-electron chi connectivity index (χ2n) is 4.15. The summed E-state index contributed by atoms with van der Waals surface area (Å²) in [5.41, 5.74) is 6.92. The van der Waals surface area contributed by atoms with Crippen molar-refractivity contribution >= 4 is 29.0 Å². The zero-order valence-corrected chi connectivity index (χ0v) is 12.4. The SMILES string of the molecule is COc1ccc(NC(=O)CCSc2ccncn2)c(N)c1. The number of methoxy groups -OCH3 is 1. The van der Waals surface area contributed by atoms with Crippen LogP contribution in [0.2, 0.25) is 0 Å². The lowest BCUT2D eigenvalue weighted by Gasteiger charge is -2.09. The number of rotatable bonds is 6. The first-order valence-electron chi connectivity index (χ1n) is 6.31. The molecule has 1 amide bonds. The highest BCUT2D eigenvalue weighted by Gasteiger charge is 2.07. The van der Waals surface area contributed by atoms with Crippen LogP contribution in [0.4, 0.5) is 11.4 Å². The molecule has 0 fully saturated rings. The molecule has 1 heterocycles. The summed E-state index contributed by atoms with van der Waals surface area (Å²) < 4.78 is 5.06. The minimum Gasteiger partial charge on any atom is -0.497 e. The molecule has 2 rings (SSSR count). The minimum absolute atomic E-state index is 0.0894. The molecule has 0 atom stereocenters. The van der Waals surface area contributed by atoms with Gasteiger partial charge in [0.1, 0.15) is 12.1 Å². The lowest BCUT2D eigenvalue weighted by atomic mass is 10.2. The van der Waals surface area contributed by atoms with E-state index in [0.29, 0.717) is 29.3 Å². The van der Waals surface area contributed by atoms with Crippen molar-refractivity contribution in [1.29, 1.82) is 0 Å². The predicted octanol–water partition coefficient (Wildman–Crippen LogP) is 2.19. The number of nitrogens with one attached hydrogen (secondary N) is 1. The van der Waals surface area contributed by atoms with Gasteiger partial charge in [-0.3, -0.25) is 4.79 Å². The van der Waals surface area contributed by atoms with Crippen LogP contribution in [0.3, 0.4) is 0 Å². The van der Waals surface area contributed by atoms with Crippen LogP contribution in [-0.2, 0) is 4.79 Å². The molecule has 0 aliphatic rings. The Balaban J connectivity index is 1.82. The maximum absolute atomic E-state index is 11.9. The quantitative estimate of drug-likeness (QED) is 0.483. The number of hydrogen-bond donors (Lipinski definition) is 2. The standard InChI is InChI=1S/C14H16N4O2S/c1-20-10-2-3-12(11(15)8-10)18-13(19)5-7-21-14-4-6-16-9-17-14/h2-4,6,8-9H,5,7,15H2,1H3,(H,18,19). The number of nitrogens with two attached hydrogens (primary N) is 1. The molecule has 0 unspecified atom stereocenters. The van der Waals surface area contributed by atoms with Crippen LogP contribution in [0, 0.1) is 0 Å². The maximum Gasteiger partial charge on any atom is 0.225 e. The number of aromatic nitrogens is 2. The predicted molar refractivity (Wildman–Crippen MR) is 83.4 cm³/mol. The van der Waals surface area contributed by atoms with Gasteiger partial charge in [0.25, 0.3) is 0 Å². The molecular formula is C14H16N4O2S. The molecule has 3 N–H and O–H groups in total. The van der Waals surface area contributed by atoms with E-state index in [0.717, 1.165) is 5.03 Å². The number of anilines is 2. The van der Waals surface area contributed by atoms with Crippen molar-refractivity contribution < 1.29 is 9.53 Å². The number of hydrogen-bond acceptors (Lipinski definition) is 6. The molecule has 21 heavy (non-hydrogen) atoms. The van der Waals surface area contributed by atoms with E-state index in [2.05, 4.69) is 15.3 Å². The lowest BCUT2D eigenvalue weighted by molar-refractivity contribution is -0.115. The highest BCUT2D eigenvalue weighted by molar-refractivity contribution is 7.99. The average molecular weight is 304 g/mol. The van der Waals surface area contributed by atoms with Gasteiger partial charge in [0.15, 0.2) is 0 Å². The number of ether oxygens (including phenoxy) is 1. The number of amides is 1. The van der Waals surface area contributed by atoms with Gasteiger partial charge in [-0.2, -0.15) is 0 Å². The summed E-state index contributed by atoms with van der Waals surface area (Å²) in [6, 6.07) is 6.96. The summed E-state index contributed by atoms with van der Waals surface area (Å²) in [4.78, 5) is 19.8. The van der Waals surface area contributed by atoms with Crippen molar-refractivity contribution in [2.75, 3.05) is 23.9 Å². The van der Waals surface area contributed by atoms with Crippen molar-refractivity contribution in [3.63, 3.8) is 0 Å². The second kappa shape index (κ2) is 7.49. The van der Waals surface area contributed by atoms with Gasteiger partial charge in [0.2, 0.25) is 5.91 Å². The Hall–Kier alpha value is -2.28. The molecule has 0 saturated carbocycles. The second-order valence-corrected chi connectivity index (χ2v) is 5.26. The third kappa shape index (κ3) is 4.64. The fourth-order valence-electron chi connectivity index (χ4n) is 1.61. The first-order valence-corrected chi connectivity index (χ1v) is 7.30.